The van der Waals surface area contributed by atoms with E-state index in [9.17, 15) is 14.9 Å². The number of amides is 1. The minimum Gasteiger partial charge on any atom is -0.357 e. The molecule has 3 rings (SSSR count). The summed E-state index contributed by atoms with van der Waals surface area (Å²) < 4.78 is 2.15. The van der Waals surface area contributed by atoms with Gasteiger partial charge >= 0.3 is 0 Å². The van der Waals surface area contributed by atoms with E-state index in [-0.39, 0.29) is 17.0 Å². The number of unbranched alkanes of at least 4 members (excludes halogenated alkanes) is 4. The fraction of sp³-hybridized carbons (Fsp3) is 0.583. The van der Waals surface area contributed by atoms with Crippen LogP contribution < -0.4 is 10.5 Å². The normalized spacial score (nSPS) is 18.0. The smallest absolute Gasteiger partial charge is 0.270 e. The fourth-order valence-corrected chi connectivity index (χ4v) is 5.69. The van der Waals surface area contributed by atoms with Crippen molar-refractivity contribution in [3.05, 3.63) is 31.9 Å². The number of carbonyl (C=O) groups is 1. The molecule has 172 valence electrons. The minimum absolute atomic E-state index is 0.0770. The van der Waals surface area contributed by atoms with E-state index in [1.807, 2.05) is 6.08 Å². The molecule has 0 aromatic carbocycles. The first-order chi connectivity index (χ1) is 15.4. The molecule has 0 aliphatic carbocycles. The topological polar surface area (TPSA) is 69.3 Å². The van der Waals surface area contributed by atoms with Gasteiger partial charge in [0.2, 0.25) is 0 Å². The van der Waals surface area contributed by atoms with Crippen molar-refractivity contribution in [2.24, 2.45) is 7.05 Å². The Morgan fingerprint density at radius 2 is 1.81 bits per heavy atom. The quantitative estimate of drug-likeness (QED) is 0.310. The molecule has 0 bridgehead atoms. The summed E-state index contributed by atoms with van der Waals surface area (Å²) in [6, 6.07) is 2.06. The summed E-state index contributed by atoms with van der Waals surface area (Å²) in [5, 5.41) is 9.61. The Bertz CT molecular complexity index is 1020. The second kappa shape index (κ2) is 11.2. The molecule has 1 aromatic rings. The van der Waals surface area contributed by atoms with E-state index < -0.39 is 0 Å². The monoisotopic (exact) mass is 472 g/mol. The molecule has 0 atom stereocenters. The molecule has 0 N–H and O–H groups in total. The van der Waals surface area contributed by atoms with Crippen LogP contribution >= 0.6 is 24.0 Å². The maximum Gasteiger partial charge on any atom is 0.270 e. The summed E-state index contributed by atoms with van der Waals surface area (Å²) in [6.07, 6.45) is 10.7. The van der Waals surface area contributed by atoms with Gasteiger partial charge in [0.15, 0.2) is 0 Å². The average Bonchev–Trinajstić information content (AvgIpc) is 3.05. The van der Waals surface area contributed by atoms with Crippen molar-refractivity contribution in [1.82, 2.24) is 9.47 Å². The second-order valence-corrected chi connectivity index (χ2v) is 10.2. The predicted molar refractivity (Wildman–Crippen MR) is 136 cm³/mol. The van der Waals surface area contributed by atoms with Gasteiger partial charge in [-0.15, -0.1) is 0 Å². The lowest BCUT2D eigenvalue weighted by molar-refractivity contribution is -0.122. The van der Waals surface area contributed by atoms with Crippen LogP contribution in [0.1, 0.15) is 75.0 Å². The molecular formula is C24H32N4O2S2. The Kier molecular flexibility index (Phi) is 8.55. The number of hydrogen-bond donors (Lipinski definition) is 0. The van der Waals surface area contributed by atoms with Crippen LogP contribution in [-0.4, -0.2) is 39.3 Å². The van der Waals surface area contributed by atoms with Gasteiger partial charge in [-0.1, -0.05) is 56.6 Å². The van der Waals surface area contributed by atoms with Crippen LogP contribution in [0.2, 0.25) is 0 Å². The van der Waals surface area contributed by atoms with Gasteiger partial charge in [-0.3, -0.25) is 19.1 Å². The second-order valence-electron chi connectivity index (χ2n) is 8.51. The number of anilines is 1. The molecule has 3 heterocycles. The number of pyridine rings is 1. The zero-order valence-electron chi connectivity index (χ0n) is 19.3. The summed E-state index contributed by atoms with van der Waals surface area (Å²) in [7, 11) is 1.71. The molecule has 32 heavy (non-hydrogen) atoms. The molecule has 2 saturated heterocycles. The van der Waals surface area contributed by atoms with E-state index in [0.29, 0.717) is 21.3 Å². The highest BCUT2D eigenvalue weighted by Gasteiger charge is 2.32. The lowest BCUT2D eigenvalue weighted by atomic mass is 10.0. The van der Waals surface area contributed by atoms with E-state index >= 15 is 0 Å². The van der Waals surface area contributed by atoms with Crippen LogP contribution in [0.15, 0.2) is 9.70 Å². The summed E-state index contributed by atoms with van der Waals surface area (Å²) in [5.74, 6) is 0.711. The predicted octanol–water partition coefficient (Wildman–Crippen LogP) is 4.73. The van der Waals surface area contributed by atoms with Gasteiger partial charge in [0.1, 0.15) is 21.8 Å². The third kappa shape index (κ3) is 5.10. The van der Waals surface area contributed by atoms with E-state index in [1.165, 1.54) is 37.4 Å². The molecule has 0 spiro atoms. The number of piperidine rings is 1. The van der Waals surface area contributed by atoms with Crippen molar-refractivity contribution in [2.75, 3.05) is 24.5 Å². The number of thiocarbonyl (C=S) groups is 1. The highest BCUT2D eigenvalue weighted by Crippen LogP contribution is 2.36. The number of carbonyl (C=O) groups excluding carboxylic acids is 1. The number of nitriles is 1. The van der Waals surface area contributed by atoms with Gasteiger partial charge in [0.25, 0.3) is 11.5 Å². The molecule has 2 aliphatic heterocycles. The van der Waals surface area contributed by atoms with Gasteiger partial charge in [0.05, 0.1) is 4.91 Å². The Morgan fingerprint density at radius 3 is 2.47 bits per heavy atom. The first-order valence-electron chi connectivity index (χ1n) is 11.5. The van der Waals surface area contributed by atoms with Crippen molar-refractivity contribution in [3.8, 4) is 6.07 Å². The number of thioether (sulfide) groups is 1. The number of rotatable bonds is 8. The molecule has 0 radical (unpaired) electrons. The van der Waals surface area contributed by atoms with Crippen molar-refractivity contribution < 1.29 is 4.79 Å². The van der Waals surface area contributed by atoms with Crippen molar-refractivity contribution in [2.45, 2.75) is 65.2 Å². The Balaban J connectivity index is 1.95. The highest BCUT2D eigenvalue weighted by atomic mass is 32.2. The minimum atomic E-state index is -0.289. The molecule has 2 fully saturated rings. The third-order valence-corrected chi connectivity index (χ3v) is 7.64. The molecule has 1 aromatic heterocycles. The maximum absolute atomic E-state index is 13.1. The van der Waals surface area contributed by atoms with Crippen LogP contribution in [-0.2, 0) is 11.8 Å². The summed E-state index contributed by atoms with van der Waals surface area (Å²) in [6.45, 7) is 6.34. The largest absolute Gasteiger partial charge is 0.357 e. The standard InChI is InChI=1S/C24H32N4O2S2/c1-4-5-6-7-11-14-28-23(30)20(32-24(28)31)15-18-17(2)19(16-25)22(29)26(3)21(18)27-12-9-8-10-13-27/h15H,4-14H2,1-3H3/b20-15-. The lowest BCUT2D eigenvalue weighted by Crippen LogP contribution is -2.36. The van der Waals surface area contributed by atoms with Crippen molar-refractivity contribution in [1.29, 1.82) is 5.26 Å². The summed E-state index contributed by atoms with van der Waals surface area (Å²) in [5.41, 5.74) is 1.24. The first-order valence-corrected chi connectivity index (χ1v) is 12.8. The highest BCUT2D eigenvalue weighted by molar-refractivity contribution is 8.26. The molecule has 0 saturated carbocycles. The number of nitrogens with zero attached hydrogens (tertiary/aromatic N) is 4. The summed E-state index contributed by atoms with van der Waals surface area (Å²) in [4.78, 5) is 30.4. The van der Waals surface area contributed by atoms with Crippen LogP contribution in [0.5, 0.6) is 0 Å². The Labute approximate surface area is 200 Å². The van der Waals surface area contributed by atoms with Gasteiger partial charge in [-0.25, -0.2) is 0 Å². The molecular weight excluding hydrogens is 440 g/mol. The van der Waals surface area contributed by atoms with Gasteiger partial charge < -0.3 is 4.90 Å². The van der Waals surface area contributed by atoms with Crippen LogP contribution in [0.4, 0.5) is 5.82 Å². The Hall–Kier alpha value is -2.11. The fourth-order valence-electron chi connectivity index (χ4n) is 4.40. The van der Waals surface area contributed by atoms with Gasteiger partial charge in [-0.2, -0.15) is 5.26 Å². The third-order valence-electron chi connectivity index (χ3n) is 6.26. The first kappa shape index (κ1) is 24.5. The molecule has 1 amide bonds. The molecule has 2 aliphatic rings. The van der Waals surface area contributed by atoms with Crippen LogP contribution in [0.25, 0.3) is 6.08 Å². The molecule has 8 heteroatoms. The van der Waals surface area contributed by atoms with Crippen molar-refractivity contribution in [3.63, 3.8) is 0 Å². The van der Waals surface area contributed by atoms with E-state index in [1.54, 1.807) is 23.4 Å². The lowest BCUT2D eigenvalue weighted by Gasteiger charge is -2.32. The zero-order valence-corrected chi connectivity index (χ0v) is 20.9. The molecule has 0 unspecified atom stereocenters. The van der Waals surface area contributed by atoms with E-state index in [2.05, 4.69) is 17.9 Å². The molecule has 6 nitrogen and oxygen atoms in total. The average molecular weight is 473 g/mol. The van der Waals surface area contributed by atoms with Gasteiger partial charge in [-0.05, 0) is 44.2 Å². The SMILES string of the molecule is CCCCCCCN1C(=O)/C(=C/c2c(C)c(C#N)c(=O)n(C)c2N2CCCCC2)SC1=S. The Morgan fingerprint density at radius 1 is 1.12 bits per heavy atom. The van der Waals surface area contributed by atoms with Crippen molar-refractivity contribution >= 4 is 46.1 Å². The number of hydrogen-bond acceptors (Lipinski definition) is 6. The summed E-state index contributed by atoms with van der Waals surface area (Å²) >= 11 is 6.82. The number of aromatic nitrogens is 1. The van der Waals surface area contributed by atoms with Crippen LogP contribution in [0, 0.1) is 18.3 Å². The maximum atomic E-state index is 13.1. The van der Waals surface area contributed by atoms with E-state index in [4.69, 9.17) is 12.2 Å². The van der Waals surface area contributed by atoms with E-state index in [0.717, 1.165) is 50.2 Å². The van der Waals surface area contributed by atoms with Gasteiger partial charge in [0, 0.05) is 32.2 Å². The zero-order chi connectivity index (χ0) is 23.3. The van der Waals surface area contributed by atoms with Crippen LogP contribution in [0.3, 0.4) is 0 Å².